The van der Waals surface area contributed by atoms with Gasteiger partial charge in [-0.05, 0) is 62.4 Å². The zero-order chi connectivity index (χ0) is 18.4. The van der Waals surface area contributed by atoms with E-state index in [0.717, 1.165) is 40.9 Å². The molecule has 5 nitrogen and oxygen atoms in total. The number of likely N-dealkylation sites (tertiary alicyclic amines) is 1. The van der Waals surface area contributed by atoms with Gasteiger partial charge in [0.05, 0.1) is 5.39 Å². The Balaban J connectivity index is 1.46. The predicted molar refractivity (Wildman–Crippen MR) is 105 cm³/mol. The molecule has 3 aromatic rings. The van der Waals surface area contributed by atoms with Crippen molar-refractivity contribution in [3.05, 3.63) is 42.6 Å². The Kier molecular flexibility index (Phi) is 4.08. The highest BCUT2D eigenvalue weighted by molar-refractivity contribution is 6.00. The van der Waals surface area contributed by atoms with E-state index in [1.165, 1.54) is 44.9 Å². The van der Waals surface area contributed by atoms with Crippen molar-refractivity contribution < 1.29 is 4.39 Å². The standard InChI is InChI=1S/C21H24FN5/c22-16-5-3-4-15(10-16)18-12-27(21-19(18)20(23)24-13-25-21)17-8-14(9-17)11-26-6-1-2-7-26/h3-5,10,12-14,17H,1-2,6-9,11H2,(H2,23,24,25). The van der Waals surface area contributed by atoms with E-state index >= 15 is 0 Å². The zero-order valence-corrected chi connectivity index (χ0v) is 15.3. The van der Waals surface area contributed by atoms with Crippen molar-refractivity contribution in [2.75, 3.05) is 25.4 Å². The molecule has 2 aliphatic rings. The van der Waals surface area contributed by atoms with E-state index in [1.54, 1.807) is 12.1 Å². The molecule has 0 radical (unpaired) electrons. The molecule has 6 heteroatoms. The summed E-state index contributed by atoms with van der Waals surface area (Å²) in [5.74, 6) is 0.950. The van der Waals surface area contributed by atoms with E-state index in [4.69, 9.17) is 5.73 Å². The molecule has 0 bridgehead atoms. The van der Waals surface area contributed by atoms with Gasteiger partial charge in [-0.2, -0.15) is 0 Å². The van der Waals surface area contributed by atoms with Crippen LogP contribution in [0.25, 0.3) is 22.2 Å². The summed E-state index contributed by atoms with van der Waals surface area (Å²) >= 11 is 0. The van der Waals surface area contributed by atoms with Gasteiger partial charge in [0.2, 0.25) is 0 Å². The highest BCUT2D eigenvalue weighted by Crippen LogP contribution is 2.43. The van der Waals surface area contributed by atoms with Crippen molar-refractivity contribution in [1.82, 2.24) is 19.4 Å². The number of rotatable bonds is 4. The maximum Gasteiger partial charge on any atom is 0.146 e. The zero-order valence-electron chi connectivity index (χ0n) is 15.3. The van der Waals surface area contributed by atoms with E-state index in [0.29, 0.717) is 11.9 Å². The molecular weight excluding hydrogens is 341 g/mol. The van der Waals surface area contributed by atoms with E-state index in [1.807, 2.05) is 6.07 Å². The summed E-state index contributed by atoms with van der Waals surface area (Å²) in [6.07, 6.45) is 8.60. The summed E-state index contributed by atoms with van der Waals surface area (Å²) in [5, 5.41) is 0.825. The van der Waals surface area contributed by atoms with Crippen LogP contribution in [0.15, 0.2) is 36.8 Å². The van der Waals surface area contributed by atoms with Gasteiger partial charge in [-0.3, -0.25) is 0 Å². The molecule has 3 heterocycles. The number of hydrogen-bond donors (Lipinski definition) is 1. The van der Waals surface area contributed by atoms with Gasteiger partial charge >= 0.3 is 0 Å². The Labute approximate surface area is 158 Å². The number of fused-ring (bicyclic) bond motifs is 1. The first-order valence-corrected chi connectivity index (χ1v) is 9.78. The first-order chi connectivity index (χ1) is 13.2. The van der Waals surface area contributed by atoms with Gasteiger partial charge in [-0.1, -0.05) is 12.1 Å². The fourth-order valence-corrected chi connectivity index (χ4v) is 4.67. The van der Waals surface area contributed by atoms with Crippen LogP contribution < -0.4 is 5.73 Å². The summed E-state index contributed by atoms with van der Waals surface area (Å²) in [6, 6.07) is 7.06. The Bertz CT molecular complexity index is 970. The van der Waals surface area contributed by atoms with Crippen molar-refractivity contribution in [2.24, 2.45) is 5.92 Å². The van der Waals surface area contributed by atoms with E-state index in [-0.39, 0.29) is 5.82 Å². The first kappa shape index (κ1) is 16.7. The molecule has 0 unspecified atom stereocenters. The van der Waals surface area contributed by atoms with Gasteiger partial charge < -0.3 is 15.2 Å². The molecule has 0 atom stereocenters. The molecule has 27 heavy (non-hydrogen) atoms. The number of anilines is 1. The van der Waals surface area contributed by atoms with Crippen molar-refractivity contribution in [2.45, 2.75) is 31.7 Å². The number of hydrogen-bond acceptors (Lipinski definition) is 4. The quantitative estimate of drug-likeness (QED) is 0.762. The molecule has 1 saturated carbocycles. The van der Waals surface area contributed by atoms with Crippen molar-refractivity contribution in [3.63, 3.8) is 0 Å². The third kappa shape index (κ3) is 2.98. The highest BCUT2D eigenvalue weighted by Gasteiger charge is 2.34. The topological polar surface area (TPSA) is 60.0 Å². The van der Waals surface area contributed by atoms with Crippen LogP contribution in [0, 0.1) is 11.7 Å². The second-order valence-corrected chi connectivity index (χ2v) is 7.92. The number of nitrogens with two attached hydrogens (primary N) is 1. The summed E-state index contributed by atoms with van der Waals surface area (Å²) in [6.45, 7) is 3.71. The minimum atomic E-state index is -0.252. The van der Waals surface area contributed by atoms with E-state index in [2.05, 4.69) is 25.6 Å². The van der Waals surface area contributed by atoms with Gasteiger partial charge in [-0.25, -0.2) is 14.4 Å². The number of nitrogen functional groups attached to an aromatic ring is 1. The van der Waals surface area contributed by atoms with Crippen LogP contribution in [0.4, 0.5) is 10.2 Å². The number of benzene rings is 1. The maximum absolute atomic E-state index is 13.8. The molecule has 1 aliphatic carbocycles. The third-order valence-corrected chi connectivity index (χ3v) is 6.09. The second-order valence-electron chi connectivity index (χ2n) is 7.92. The van der Waals surface area contributed by atoms with Crippen LogP contribution in [0.1, 0.15) is 31.7 Å². The Morgan fingerprint density at radius 2 is 1.96 bits per heavy atom. The van der Waals surface area contributed by atoms with Crippen LogP contribution in [-0.4, -0.2) is 39.1 Å². The maximum atomic E-state index is 13.8. The minimum Gasteiger partial charge on any atom is -0.383 e. The van der Waals surface area contributed by atoms with Gasteiger partial charge in [0.25, 0.3) is 0 Å². The van der Waals surface area contributed by atoms with Crippen molar-refractivity contribution in [3.8, 4) is 11.1 Å². The molecule has 5 rings (SSSR count). The monoisotopic (exact) mass is 365 g/mol. The number of aromatic nitrogens is 3. The molecule has 1 saturated heterocycles. The molecule has 140 valence electrons. The van der Waals surface area contributed by atoms with E-state index in [9.17, 15) is 4.39 Å². The Hall–Kier alpha value is -2.47. The van der Waals surface area contributed by atoms with Crippen molar-refractivity contribution >= 4 is 16.9 Å². The Morgan fingerprint density at radius 1 is 1.15 bits per heavy atom. The molecule has 1 aliphatic heterocycles. The number of halogens is 1. The smallest absolute Gasteiger partial charge is 0.146 e. The lowest BCUT2D eigenvalue weighted by Gasteiger charge is -2.38. The fourth-order valence-electron chi connectivity index (χ4n) is 4.67. The van der Waals surface area contributed by atoms with Crippen LogP contribution in [0.2, 0.25) is 0 Å². The molecular formula is C21H24FN5. The Morgan fingerprint density at radius 3 is 2.74 bits per heavy atom. The molecule has 2 fully saturated rings. The lowest BCUT2D eigenvalue weighted by Crippen LogP contribution is -2.35. The van der Waals surface area contributed by atoms with Crippen LogP contribution in [0.3, 0.4) is 0 Å². The molecule has 2 N–H and O–H groups in total. The fraction of sp³-hybridized carbons (Fsp3) is 0.429. The third-order valence-electron chi connectivity index (χ3n) is 6.09. The molecule has 1 aromatic carbocycles. The molecule has 0 amide bonds. The normalized spacial score (nSPS) is 23.0. The number of nitrogens with zero attached hydrogens (tertiary/aromatic N) is 4. The average molecular weight is 365 g/mol. The lowest BCUT2D eigenvalue weighted by molar-refractivity contribution is 0.145. The van der Waals surface area contributed by atoms with Gasteiger partial charge in [-0.15, -0.1) is 0 Å². The summed E-state index contributed by atoms with van der Waals surface area (Å²) in [5.41, 5.74) is 8.75. The molecule has 0 spiro atoms. The highest BCUT2D eigenvalue weighted by atomic mass is 19.1. The van der Waals surface area contributed by atoms with Gasteiger partial charge in [0, 0.05) is 24.3 Å². The lowest BCUT2D eigenvalue weighted by atomic mass is 9.79. The summed E-state index contributed by atoms with van der Waals surface area (Å²) in [7, 11) is 0. The van der Waals surface area contributed by atoms with Crippen molar-refractivity contribution in [1.29, 1.82) is 0 Å². The van der Waals surface area contributed by atoms with Crippen LogP contribution >= 0.6 is 0 Å². The minimum absolute atomic E-state index is 0.252. The first-order valence-electron chi connectivity index (χ1n) is 9.78. The van der Waals surface area contributed by atoms with Gasteiger partial charge in [0.15, 0.2) is 0 Å². The second kappa shape index (κ2) is 6.60. The predicted octanol–water partition coefficient (Wildman–Crippen LogP) is 3.87. The van der Waals surface area contributed by atoms with Gasteiger partial charge in [0.1, 0.15) is 23.6 Å². The largest absolute Gasteiger partial charge is 0.383 e. The summed E-state index contributed by atoms with van der Waals surface area (Å²) < 4.78 is 16.0. The SMILES string of the molecule is Nc1ncnc2c1c(-c1cccc(F)c1)cn2C1CC(CN2CCCC2)C1. The van der Waals surface area contributed by atoms with E-state index < -0.39 is 0 Å². The molecule has 2 aromatic heterocycles. The summed E-state index contributed by atoms with van der Waals surface area (Å²) in [4.78, 5) is 11.3. The van der Waals surface area contributed by atoms with Crippen LogP contribution in [0.5, 0.6) is 0 Å². The van der Waals surface area contributed by atoms with Crippen LogP contribution in [-0.2, 0) is 0 Å². The average Bonchev–Trinajstić information content (AvgIpc) is 3.26.